The summed E-state index contributed by atoms with van der Waals surface area (Å²) in [5.41, 5.74) is 1.15. The third kappa shape index (κ3) is 4.21. The van der Waals surface area contributed by atoms with Gasteiger partial charge in [-0.2, -0.15) is 0 Å². The Labute approximate surface area is 129 Å². The molecule has 114 valence electrons. The zero-order valence-electron chi connectivity index (χ0n) is 12.5. The van der Waals surface area contributed by atoms with Gasteiger partial charge in [0.05, 0.1) is 0 Å². The summed E-state index contributed by atoms with van der Waals surface area (Å²) >= 11 is 6.10. The molecule has 1 aliphatic heterocycles. The van der Waals surface area contributed by atoms with Gasteiger partial charge in [-0.15, -0.1) is 0 Å². The Morgan fingerprint density at radius 2 is 2.10 bits per heavy atom. The van der Waals surface area contributed by atoms with Gasteiger partial charge in [-0.25, -0.2) is 9.18 Å². The van der Waals surface area contributed by atoms with Crippen LogP contribution in [0.15, 0.2) is 24.3 Å². The average molecular weight is 312 g/mol. The molecule has 5 heteroatoms. The highest BCUT2D eigenvalue weighted by atomic mass is 35.5. The topological polar surface area (TPSA) is 29.5 Å². The molecule has 0 saturated heterocycles. The number of ether oxygens (including phenoxy) is 1. The average Bonchev–Trinajstić information content (AvgIpc) is 2.40. The molecule has 0 spiro atoms. The van der Waals surface area contributed by atoms with Crippen molar-refractivity contribution >= 4 is 23.3 Å². The van der Waals surface area contributed by atoms with Crippen molar-refractivity contribution < 1.29 is 13.9 Å². The van der Waals surface area contributed by atoms with Crippen LogP contribution in [0.25, 0.3) is 5.57 Å². The second kappa shape index (κ2) is 6.06. The number of nitrogens with zero attached hydrogens (tertiary/aromatic N) is 1. The van der Waals surface area contributed by atoms with Crippen molar-refractivity contribution in [2.45, 2.75) is 32.8 Å². The highest BCUT2D eigenvalue weighted by molar-refractivity contribution is 6.32. The third-order valence-corrected chi connectivity index (χ3v) is 3.46. The Balaban J connectivity index is 2.08. The number of rotatable bonds is 1. The van der Waals surface area contributed by atoms with Crippen LogP contribution in [0.1, 0.15) is 32.8 Å². The van der Waals surface area contributed by atoms with Crippen molar-refractivity contribution in [1.29, 1.82) is 0 Å². The number of carbonyl (C=O) groups is 1. The lowest BCUT2D eigenvalue weighted by Gasteiger charge is -2.29. The number of halogens is 2. The van der Waals surface area contributed by atoms with Crippen LogP contribution >= 0.6 is 11.6 Å². The fourth-order valence-corrected chi connectivity index (χ4v) is 2.39. The van der Waals surface area contributed by atoms with Crippen LogP contribution in [-0.4, -0.2) is 29.7 Å². The second-order valence-electron chi connectivity index (χ2n) is 6.03. The van der Waals surface area contributed by atoms with E-state index in [4.69, 9.17) is 16.3 Å². The van der Waals surface area contributed by atoms with Crippen molar-refractivity contribution in [2.75, 3.05) is 13.1 Å². The maximum Gasteiger partial charge on any atom is 0.410 e. The minimum atomic E-state index is -0.507. The fraction of sp³-hybridized carbons (Fsp3) is 0.438. The summed E-state index contributed by atoms with van der Waals surface area (Å²) in [6, 6.07) is 4.31. The highest BCUT2D eigenvalue weighted by Gasteiger charge is 2.24. The molecular formula is C16H19ClFNO2. The minimum absolute atomic E-state index is 0.315. The van der Waals surface area contributed by atoms with Gasteiger partial charge >= 0.3 is 6.09 Å². The Hall–Kier alpha value is -1.55. The predicted octanol–water partition coefficient (Wildman–Crippen LogP) is 4.50. The molecule has 2 rings (SSSR count). The van der Waals surface area contributed by atoms with Crippen molar-refractivity contribution in [3.05, 3.63) is 40.7 Å². The monoisotopic (exact) mass is 311 g/mol. The number of hydrogen-bond donors (Lipinski definition) is 0. The van der Waals surface area contributed by atoms with Gasteiger partial charge < -0.3 is 9.64 Å². The smallest absolute Gasteiger partial charge is 0.410 e. The molecule has 1 aliphatic rings. The number of hydrogen-bond acceptors (Lipinski definition) is 2. The molecule has 0 radical (unpaired) electrons. The molecule has 0 atom stereocenters. The van der Waals surface area contributed by atoms with Gasteiger partial charge in [0.15, 0.2) is 0 Å². The summed E-state index contributed by atoms with van der Waals surface area (Å²) in [7, 11) is 0. The van der Waals surface area contributed by atoms with Gasteiger partial charge in [0.25, 0.3) is 0 Å². The van der Waals surface area contributed by atoms with E-state index in [-0.39, 0.29) is 11.9 Å². The van der Waals surface area contributed by atoms with E-state index in [0.29, 0.717) is 30.1 Å². The fourth-order valence-electron chi connectivity index (χ4n) is 2.15. The first-order valence-corrected chi connectivity index (χ1v) is 7.26. The molecule has 3 nitrogen and oxygen atoms in total. The molecule has 1 aromatic carbocycles. The molecule has 0 fully saturated rings. The molecule has 0 saturated carbocycles. The van der Waals surface area contributed by atoms with E-state index >= 15 is 0 Å². The molecule has 0 aromatic heterocycles. The molecule has 1 aromatic rings. The quantitative estimate of drug-likeness (QED) is 0.764. The first-order chi connectivity index (χ1) is 9.76. The summed E-state index contributed by atoms with van der Waals surface area (Å²) in [4.78, 5) is 13.6. The van der Waals surface area contributed by atoms with Crippen LogP contribution < -0.4 is 0 Å². The predicted molar refractivity (Wildman–Crippen MR) is 81.8 cm³/mol. The van der Waals surface area contributed by atoms with Gasteiger partial charge in [-0.3, -0.25) is 0 Å². The first kappa shape index (κ1) is 15.8. The Morgan fingerprint density at radius 1 is 1.38 bits per heavy atom. The molecule has 21 heavy (non-hydrogen) atoms. The zero-order chi connectivity index (χ0) is 15.6. The zero-order valence-corrected chi connectivity index (χ0v) is 13.2. The summed E-state index contributed by atoms with van der Waals surface area (Å²) in [5.74, 6) is -0.315. The van der Waals surface area contributed by atoms with Crippen molar-refractivity contribution in [3.63, 3.8) is 0 Å². The second-order valence-corrected chi connectivity index (χ2v) is 6.44. The van der Waals surface area contributed by atoms with E-state index in [2.05, 4.69) is 0 Å². The maximum absolute atomic E-state index is 13.3. The van der Waals surface area contributed by atoms with E-state index in [1.807, 2.05) is 26.8 Å². The molecule has 0 N–H and O–H groups in total. The Bertz CT molecular complexity index is 578. The van der Waals surface area contributed by atoms with Crippen LogP contribution in [0.4, 0.5) is 9.18 Å². The lowest BCUT2D eigenvalue weighted by atomic mass is 9.99. The van der Waals surface area contributed by atoms with Gasteiger partial charge in [-0.1, -0.05) is 17.7 Å². The summed E-state index contributed by atoms with van der Waals surface area (Å²) in [6.45, 7) is 6.48. The van der Waals surface area contributed by atoms with E-state index in [1.54, 1.807) is 11.0 Å². The third-order valence-electron chi connectivity index (χ3n) is 3.14. The Morgan fingerprint density at radius 3 is 2.67 bits per heavy atom. The van der Waals surface area contributed by atoms with Crippen molar-refractivity contribution in [1.82, 2.24) is 4.90 Å². The van der Waals surface area contributed by atoms with Gasteiger partial charge in [0.1, 0.15) is 11.4 Å². The summed E-state index contributed by atoms with van der Waals surface area (Å²) in [6.07, 6.45) is 2.19. The molecule has 1 heterocycles. The van der Waals surface area contributed by atoms with Crippen LogP contribution in [0.2, 0.25) is 5.02 Å². The number of amides is 1. The van der Waals surface area contributed by atoms with Crippen molar-refractivity contribution in [2.24, 2.45) is 0 Å². The maximum atomic E-state index is 13.3. The van der Waals surface area contributed by atoms with E-state index in [0.717, 1.165) is 5.57 Å². The summed E-state index contributed by atoms with van der Waals surface area (Å²) in [5, 5.41) is 0.522. The van der Waals surface area contributed by atoms with Crippen LogP contribution in [0.3, 0.4) is 0 Å². The van der Waals surface area contributed by atoms with Crippen LogP contribution in [0.5, 0.6) is 0 Å². The van der Waals surface area contributed by atoms with Crippen molar-refractivity contribution in [3.8, 4) is 0 Å². The van der Waals surface area contributed by atoms with Gasteiger partial charge in [0.2, 0.25) is 0 Å². The molecule has 1 amide bonds. The molecular weight excluding hydrogens is 293 g/mol. The van der Waals surface area contributed by atoms with Gasteiger partial charge in [-0.05, 0) is 56.5 Å². The molecule has 0 aliphatic carbocycles. The lowest BCUT2D eigenvalue weighted by Crippen LogP contribution is -2.39. The molecule has 0 unspecified atom stereocenters. The van der Waals surface area contributed by atoms with E-state index in [9.17, 15) is 9.18 Å². The normalized spacial score (nSPS) is 15.7. The summed E-state index contributed by atoms with van der Waals surface area (Å²) < 4.78 is 18.7. The largest absolute Gasteiger partial charge is 0.444 e. The Kier molecular flexibility index (Phi) is 4.57. The number of benzene rings is 1. The molecule has 0 bridgehead atoms. The number of carbonyl (C=O) groups excluding carboxylic acids is 1. The lowest BCUT2D eigenvalue weighted by molar-refractivity contribution is 0.0270. The minimum Gasteiger partial charge on any atom is -0.444 e. The highest BCUT2D eigenvalue weighted by Crippen LogP contribution is 2.29. The van der Waals surface area contributed by atoms with Gasteiger partial charge in [0, 0.05) is 18.1 Å². The van der Waals surface area contributed by atoms with E-state index in [1.165, 1.54) is 12.1 Å². The first-order valence-electron chi connectivity index (χ1n) is 6.88. The van der Waals surface area contributed by atoms with Crippen LogP contribution in [-0.2, 0) is 4.74 Å². The standard InChI is InChI=1S/C16H19ClFNO2/c1-16(2,3)21-15(20)19-8-6-11(7-9-19)13-10-12(18)4-5-14(13)17/h4-6,10H,7-9H2,1-3H3. The SMILES string of the molecule is CC(C)(C)OC(=O)N1CC=C(c2cc(F)ccc2Cl)CC1. The van der Waals surface area contributed by atoms with E-state index < -0.39 is 5.60 Å². The van der Waals surface area contributed by atoms with Crippen LogP contribution in [0, 0.1) is 5.82 Å².